The summed E-state index contributed by atoms with van der Waals surface area (Å²) in [6.45, 7) is 11.2. The molecule has 3 unspecified atom stereocenters. The smallest absolute Gasteiger partial charge is 0.0559 e. The summed E-state index contributed by atoms with van der Waals surface area (Å²) in [6.07, 6.45) is 5.99. The van der Waals surface area contributed by atoms with Crippen LogP contribution >= 0.6 is 0 Å². The summed E-state index contributed by atoms with van der Waals surface area (Å²) >= 11 is 0. The van der Waals surface area contributed by atoms with Gasteiger partial charge in [-0.1, -0.05) is 42.0 Å². The monoisotopic (exact) mass is 317 g/mol. The minimum absolute atomic E-state index is 0.401. The minimum atomic E-state index is 0.401. The number of benzene rings is 2. The van der Waals surface area contributed by atoms with Gasteiger partial charge in [0.05, 0.1) is 6.04 Å². The van der Waals surface area contributed by atoms with Crippen LogP contribution in [0, 0.1) is 40.5 Å². The zero-order valence-corrected chi connectivity index (χ0v) is 15.4. The summed E-state index contributed by atoms with van der Waals surface area (Å²) in [5.74, 6) is 1.17. The number of aryl methyl sites for hydroxylation is 4. The highest BCUT2D eigenvalue weighted by atomic mass is 15.0. The lowest BCUT2D eigenvalue weighted by Gasteiger charge is -2.40. The van der Waals surface area contributed by atoms with Gasteiger partial charge in [0.1, 0.15) is 0 Å². The molecular formula is C23H27N. The molecule has 0 fully saturated rings. The fourth-order valence-electron chi connectivity index (χ4n) is 4.89. The number of nitrogens with one attached hydrogen (secondary N) is 1. The molecule has 3 atom stereocenters. The summed E-state index contributed by atoms with van der Waals surface area (Å²) in [6, 6.07) is 9.68. The lowest BCUT2D eigenvalue weighted by atomic mass is 9.74. The maximum Gasteiger partial charge on any atom is 0.0559 e. The summed E-state index contributed by atoms with van der Waals surface area (Å²) in [4.78, 5) is 0. The van der Waals surface area contributed by atoms with Crippen molar-refractivity contribution >= 4 is 5.69 Å². The molecule has 1 aliphatic heterocycles. The topological polar surface area (TPSA) is 12.0 Å². The van der Waals surface area contributed by atoms with E-state index in [1.165, 1.54) is 51.1 Å². The molecule has 2 aromatic carbocycles. The van der Waals surface area contributed by atoms with Gasteiger partial charge in [-0.15, -0.1) is 0 Å². The first-order valence-electron chi connectivity index (χ1n) is 9.08. The molecule has 0 amide bonds. The van der Waals surface area contributed by atoms with Crippen molar-refractivity contribution in [1.82, 2.24) is 0 Å². The molecule has 2 aliphatic rings. The van der Waals surface area contributed by atoms with Gasteiger partial charge in [-0.25, -0.2) is 0 Å². The van der Waals surface area contributed by atoms with Gasteiger partial charge in [-0.2, -0.15) is 0 Å². The first-order valence-corrected chi connectivity index (χ1v) is 9.08. The highest BCUT2D eigenvalue weighted by Crippen LogP contribution is 2.51. The van der Waals surface area contributed by atoms with Gasteiger partial charge in [0.2, 0.25) is 0 Å². The van der Waals surface area contributed by atoms with Gasteiger partial charge in [-0.05, 0) is 80.3 Å². The molecule has 124 valence electrons. The first-order chi connectivity index (χ1) is 11.5. The second-order valence-electron chi connectivity index (χ2n) is 7.76. The number of fused-ring (bicyclic) bond motifs is 3. The Morgan fingerprint density at radius 2 is 1.62 bits per heavy atom. The molecule has 0 saturated carbocycles. The minimum Gasteiger partial charge on any atom is -0.377 e. The van der Waals surface area contributed by atoms with E-state index in [1.807, 2.05) is 0 Å². The number of rotatable bonds is 1. The molecule has 1 N–H and O–H groups in total. The third-order valence-corrected chi connectivity index (χ3v) is 6.12. The quantitative estimate of drug-likeness (QED) is 0.631. The summed E-state index contributed by atoms with van der Waals surface area (Å²) in [5.41, 5.74) is 11.3. The molecule has 24 heavy (non-hydrogen) atoms. The van der Waals surface area contributed by atoms with Crippen LogP contribution < -0.4 is 5.32 Å². The van der Waals surface area contributed by atoms with E-state index in [4.69, 9.17) is 0 Å². The van der Waals surface area contributed by atoms with Crippen LogP contribution in [0.1, 0.15) is 57.3 Å². The predicted molar refractivity (Wildman–Crippen MR) is 103 cm³/mol. The van der Waals surface area contributed by atoms with Crippen molar-refractivity contribution < 1.29 is 0 Å². The van der Waals surface area contributed by atoms with Crippen molar-refractivity contribution in [2.24, 2.45) is 5.92 Å². The highest BCUT2D eigenvalue weighted by Gasteiger charge is 2.39. The Kier molecular flexibility index (Phi) is 3.56. The van der Waals surface area contributed by atoms with E-state index in [-0.39, 0.29) is 0 Å². The molecule has 0 bridgehead atoms. The van der Waals surface area contributed by atoms with Crippen molar-refractivity contribution in [2.75, 3.05) is 5.32 Å². The van der Waals surface area contributed by atoms with E-state index in [1.54, 1.807) is 0 Å². The maximum atomic E-state index is 3.95. The third-order valence-electron chi connectivity index (χ3n) is 6.12. The average Bonchev–Trinajstić information content (AvgIpc) is 3.00. The SMILES string of the molecule is Cc1cc(C)c(C2Nc3c(ccc(C)c3C)C3C=CCC32)c(C)c1. The molecular weight excluding hydrogens is 290 g/mol. The fourth-order valence-corrected chi connectivity index (χ4v) is 4.89. The van der Waals surface area contributed by atoms with Gasteiger partial charge in [0, 0.05) is 11.6 Å². The van der Waals surface area contributed by atoms with E-state index in [2.05, 4.69) is 76.4 Å². The van der Waals surface area contributed by atoms with Crippen LogP contribution in [0.25, 0.3) is 0 Å². The van der Waals surface area contributed by atoms with Crippen molar-refractivity contribution in [3.8, 4) is 0 Å². The van der Waals surface area contributed by atoms with E-state index in [9.17, 15) is 0 Å². The van der Waals surface area contributed by atoms with Gasteiger partial charge in [0.15, 0.2) is 0 Å². The molecule has 0 spiro atoms. The highest BCUT2D eigenvalue weighted by molar-refractivity contribution is 5.66. The van der Waals surface area contributed by atoms with Gasteiger partial charge in [-0.3, -0.25) is 0 Å². The van der Waals surface area contributed by atoms with Crippen LogP contribution in [-0.4, -0.2) is 0 Å². The first kappa shape index (κ1) is 15.5. The Labute approximate surface area is 145 Å². The van der Waals surface area contributed by atoms with Crippen LogP contribution in [0.15, 0.2) is 36.4 Å². The van der Waals surface area contributed by atoms with Gasteiger partial charge >= 0.3 is 0 Å². The van der Waals surface area contributed by atoms with Crippen LogP contribution in [0.4, 0.5) is 5.69 Å². The molecule has 1 heteroatoms. The standard InChI is InChI=1S/C23H27N/c1-13-11-15(3)21(16(4)12-13)23-19-8-6-7-18(19)20-10-9-14(2)17(5)22(20)24-23/h6-7,9-12,18-19,23-24H,8H2,1-5H3. The van der Waals surface area contributed by atoms with Crippen molar-refractivity contribution in [3.05, 3.63) is 75.4 Å². The maximum absolute atomic E-state index is 3.95. The summed E-state index contributed by atoms with van der Waals surface area (Å²) in [7, 11) is 0. The predicted octanol–water partition coefficient (Wildman–Crippen LogP) is 6.06. The molecule has 0 saturated heterocycles. The molecule has 4 rings (SSSR count). The van der Waals surface area contributed by atoms with E-state index in [0.717, 1.165) is 0 Å². The van der Waals surface area contributed by atoms with E-state index < -0.39 is 0 Å². The molecule has 1 nitrogen and oxygen atoms in total. The van der Waals surface area contributed by atoms with Crippen molar-refractivity contribution in [2.45, 2.75) is 53.0 Å². The normalized spacial score (nSPS) is 24.5. The number of allylic oxidation sites excluding steroid dienone is 2. The van der Waals surface area contributed by atoms with Crippen molar-refractivity contribution in [3.63, 3.8) is 0 Å². The van der Waals surface area contributed by atoms with E-state index in [0.29, 0.717) is 17.9 Å². The Bertz CT molecular complexity index is 820. The third kappa shape index (κ3) is 2.22. The average molecular weight is 317 g/mol. The zero-order chi connectivity index (χ0) is 17.0. The van der Waals surface area contributed by atoms with Crippen LogP contribution in [0.2, 0.25) is 0 Å². The summed E-state index contributed by atoms with van der Waals surface area (Å²) in [5, 5.41) is 3.95. The lowest BCUT2D eigenvalue weighted by Crippen LogP contribution is -2.30. The molecule has 1 heterocycles. The van der Waals surface area contributed by atoms with E-state index >= 15 is 0 Å². The van der Waals surface area contributed by atoms with Crippen molar-refractivity contribution in [1.29, 1.82) is 0 Å². The largest absolute Gasteiger partial charge is 0.377 e. The Balaban J connectivity index is 1.88. The lowest BCUT2D eigenvalue weighted by molar-refractivity contribution is 0.422. The molecule has 0 aromatic heterocycles. The Hall–Kier alpha value is -2.02. The zero-order valence-electron chi connectivity index (χ0n) is 15.4. The van der Waals surface area contributed by atoms with Crippen LogP contribution in [0.3, 0.4) is 0 Å². The van der Waals surface area contributed by atoms with Gasteiger partial charge in [0.25, 0.3) is 0 Å². The fraction of sp³-hybridized carbons (Fsp3) is 0.391. The molecule has 2 aromatic rings. The van der Waals surface area contributed by atoms with Crippen LogP contribution in [-0.2, 0) is 0 Å². The second kappa shape index (κ2) is 5.51. The molecule has 0 radical (unpaired) electrons. The number of hydrogen-bond donors (Lipinski definition) is 1. The number of anilines is 1. The van der Waals surface area contributed by atoms with Crippen LogP contribution in [0.5, 0.6) is 0 Å². The Morgan fingerprint density at radius 1 is 0.917 bits per heavy atom. The molecule has 1 aliphatic carbocycles. The summed E-state index contributed by atoms with van der Waals surface area (Å²) < 4.78 is 0. The van der Waals surface area contributed by atoms with Gasteiger partial charge < -0.3 is 5.32 Å². The Morgan fingerprint density at radius 3 is 2.33 bits per heavy atom. The number of hydrogen-bond acceptors (Lipinski definition) is 1. The second-order valence-corrected chi connectivity index (χ2v) is 7.76.